The maximum Gasteiger partial charge on any atom is 0.123 e. The lowest BCUT2D eigenvalue weighted by molar-refractivity contribution is 0.414. The van der Waals surface area contributed by atoms with Gasteiger partial charge in [0.2, 0.25) is 0 Å². The lowest BCUT2D eigenvalue weighted by Gasteiger charge is -2.19. The number of rotatable bonds is 8. The van der Waals surface area contributed by atoms with E-state index < -0.39 is 0 Å². The summed E-state index contributed by atoms with van der Waals surface area (Å²) >= 11 is 1.52. The van der Waals surface area contributed by atoms with Crippen molar-refractivity contribution in [3.8, 4) is 16.9 Å². The summed E-state index contributed by atoms with van der Waals surface area (Å²) in [6.45, 7) is 1.94. The molecule has 0 amide bonds. The third kappa shape index (κ3) is 5.88. The second-order valence-corrected chi connectivity index (χ2v) is 8.44. The van der Waals surface area contributed by atoms with E-state index in [9.17, 15) is 4.39 Å². The van der Waals surface area contributed by atoms with Crippen LogP contribution in [0.2, 0.25) is 0 Å². The Kier molecular flexibility index (Phi) is 7.55. The number of nitrogens with two attached hydrogens (primary N) is 2. The number of allylic oxidation sites excluding steroid dienone is 1. The molecule has 3 rings (SSSR count). The van der Waals surface area contributed by atoms with E-state index in [-0.39, 0.29) is 17.1 Å². The standard InChI is InChI=1S/C25H27FN2OS/c1-17(27)30-16-25(28)24(21-9-13-23(29-2)14-10-21)15-18-3-5-19(6-4-18)20-7-11-22(26)12-8-20/h3-14,16-17,24H,15,27-28H2,1-2H3/b25-16-/t17?,24-/m0/s1. The first-order chi connectivity index (χ1) is 14.5. The second kappa shape index (κ2) is 10.3. The fourth-order valence-electron chi connectivity index (χ4n) is 3.24. The molecule has 0 radical (unpaired) electrons. The zero-order valence-electron chi connectivity index (χ0n) is 17.2. The zero-order valence-corrected chi connectivity index (χ0v) is 18.0. The maximum atomic E-state index is 13.2. The molecule has 0 aliphatic rings. The molecule has 156 valence electrons. The van der Waals surface area contributed by atoms with Crippen LogP contribution in [0.25, 0.3) is 11.1 Å². The van der Waals surface area contributed by atoms with Crippen LogP contribution in [-0.4, -0.2) is 12.5 Å². The highest BCUT2D eigenvalue weighted by Crippen LogP contribution is 2.30. The maximum absolute atomic E-state index is 13.2. The van der Waals surface area contributed by atoms with Gasteiger partial charge in [0, 0.05) is 11.6 Å². The van der Waals surface area contributed by atoms with Gasteiger partial charge in [-0.25, -0.2) is 4.39 Å². The van der Waals surface area contributed by atoms with E-state index in [0.717, 1.165) is 34.6 Å². The monoisotopic (exact) mass is 422 g/mol. The first-order valence-corrected chi connectivity index (χ1v) is 10.8. The second-order valence-electron chi connectivity index (χ2n) is 7.19. The van der Waals surface area contributed by atoms with E-state index >= 15 is 0 Å². The summed E-state index contributed by atoms with van der Waals surface area (Å²) in [4.78, 5) is 0. The summed E-state index contributed by atoms with van der Waals surface area (Å²) < 4.78 is 18.5. The Hall–Kier alpha value is -2.76. The molecule has 0 heterocycles. The predicted octanol–water partition coefficient (Wildman–Crippen LogP) is 5.67. The van der Waals surface area contributed by atoms with Crippen molar-refractivity contribution in [1.29, 1.82) is 0 Å². The van der Waals surface area contributed by atoms with E-state index in [4.69, 9.17) is 16.2 Å². The van der Waals surface area contributed by atoms with Gasteiger partial charge in [-0.15, -0.1) is 11.8 Å². The highest BCUT2D eigenvalue weighted by atomic mass is 32.2. The fraction of sp³-hybridized carbons (Fsp3) is 0.200. The molecule has 3 nitrogen and oxygen atoms in total. The molecule has 0 bridgehead atoms. The number of thioether (sulfide) groups is 1. The number of benzene rings is 3. The van der Waals surface area contributed by atoms with Crippen LogP contribution in [0.5, 0.6) is 5.75 Å². The molecule has 1 unspecified atom stereocenters. The van der Waals surface area contributed by atoms with Crippen molar-refractivity contribution >= 4 is 11.8 Å². The summed E-state index contributed by atoms with van der Waals surface area (Å²) in [7, 11) is 1.66. The van der Waals surface area contributed by atoms with Crippen LogP contribution < -0.4 is 16.2 Å². The molecule has 30 heavy (non-hydrogen) atoms. The molecule has 0 aliphatic heterocycles. The molecular weight excluding hydrogens is 395 g/mol. The van der Waals surface area contributed by atoms with Crippen molar-refractivity contribution in [3.05, 3.63) is 101 Å². The normalized spacial score (nSPS) is 13.7. The highest BCUT2D eigenvalue weighted by molar-refractivity contribution is 8.02. The summed E-state index contributed by atoms with van der Waals surface area (Å²) in [6.07, 6.45) is 0.762. The molecule has 0 aliphatic carbocycles. The van der Waals surface area contributed by atoms with Gasteiger partial charge < -0.3 is 16.2 Å². The molecular formula is C25H27FN2OS. The van der Waals surface area contributed by atoms with Crippen LogP contribution in [0.3, 0.4) is 0 Å². The molecule has 0 fully saturated rings. The Morgan fingerprint density at radius 1 is 0.967 bits per heavy atom. The molecule has 3 aromatic rings. The Morgan fingerprint density at radius 2 is 1.53 bits per heavy atom. The van der Waals surface area contributed by atoms with Crippen molar-refractivity contribution in [1.82, 2.24) is 0 Å². The fourth-order valence-corrected chi connectivity index (χ4v) is 3.78. The van der Waals surface area contributed by atoms with Crippen molar-refractivity contribution < 1.29 is 9.13 Å². The van der Waals surface area contributed by atoms with Gasteiger partial charge in [0.15, 0.2) is 0 Å². The van der Waals surface area contributed by atoms with E-state index in [1.165, 1.54) is 29.5 Å². The Balaban J connectivity index is 1.84. The van der Waals surface area contributed by atoms with Gasteiger partial charge in [-0.2, -0.15) is 0 Å². The van der Waals surface area contributed by atoms with Crippen LogP contribution >= 0.6 is 11.8 Å². The number of halogens is 1. The first-order valence-electron chi connectivity index (χ1n) is 9.81. The third-order valence-corrected chi connectivity index (χ3v) is 5.75. The summed E-state index contributed by atoms with van der Waals surface area (Å²) in [5.74, 6) is 0.608. The van der Waals surface area contributed by atoms with Gasteiger partial charge in [-0.3, -0.25) is 0 Å². The molecule has 0 saturated carbocycles. The topological polar surface area (TPSA) is 61.3 Å². The van der Waals surface area contributed by atoms with E-state index in [1.54, 1.807) is 19.2 Å². The molecule has 2 atom stereocenters. The first kappa shape index (κ1) is 21.9. The largest absolute Gasteiger partial charge is 0.497 e. The van der Waals surface area contributed by atoms with Gasteiger partial charge in [-0.05, 0) is 65.3 Å². The van der Waals surface area contributed by atoms with Crippen LogP contribution in [0.15, 0.2) is 83.9 Å². The predicted molar refractivity (Wildman–Crippen MR) is 125 cm³/mol. The summed E-state index contributed by atoms with van der Waals surface area (Å²) in [5.41, 5.74) is 17.5. The minimum absolute atomic E-state index is 0.0185. The third-order valence-electron chi connectivity index (χ3n) is 4.91. The Labute approximate surface area is 181 Å². The molecule has 5 heteroatoms. The SMILES string of the molecule is COc1ccc([C@H](Cc2ccc(-c3ccc(F)cc3)cc2)/C(N)=C/SC(C)N)cc1. The van der Waals surface area contributed by atoms with E-state index in [0.29, 0.717) is 0 Å². The van der Waals surface area contributed by atoms with Crippen molar-refractivity contribution in [2.75, 3.05) is 7.11 Å². The van der Waals surface area contributed by atoms with Gasteiger partial charge >= 0.3 is 0 Å². The molecule has 0 saturated heterocycles. The highest BCUT2D eigenvalue weighted by Gasteiger charge is 2.16. The van der Waals surface area contributed by atoms with Crippen LogP contribution in [0, 0.1) is 5.82 Å². The summed E-state index contributed by atoms with van der Waals surface area (Å²) in [6, 6.07) is 22.8. The minimum atomic E-state index is -0.232. The van der Waals surface area contributed by atoms with Crippen molar-refractivity contribution in [2.45, 2.75) is 24.6 Å². The lowest BCUT2D eigenvalue weighted by Crippen LogP contribution is -2.14. The van der Waals surface area contributed by atoms with Crippen LogP contribution in [-0.2, 0) is 6.42 Å². The average molecular weight is 423 g/mol. The van der Waals surface area contributed by atoms with Crippen LogP contribution in [0.4, 0.5) is 4.39 Å². The molecule has 4 N–H and O–H groups in total. The number of hydrogen-bond acceptors (Lipinski definition) is 4. The van der Waals surface area contributed by atoms with Gasteiger partial charge in [-0.1, -0.05) is 48.5 Å². The molecule has 0 spiro atoms. The average Bonchev–Trinajstić information content (AvgIpc) is 2.77. The van der Waals surface area contributed by atoms with Gasteiger partial charge in [0.25, 0.3) is 0 Å². The van der Waals surface area contributed by atoms with Gasteiger partial charge in [0.05, 0.1) is 12.5 Å². The Morgan fingerprint density at radius 3 is 2.07 bits per heavy atom. The minimum Gasteiger partial charge on any atom is -0.497 e. The molecule has 0 aromatic heterocycles. The van der Waals surface area contributed by atoms with Crippen LogP contribution in [0.1, 0.15) is 24.0 Å². The quantitative estimate of drug-likeness (QED) is 0.460. The van der Waals surface area contributed by atoms with Gasteiger partial charge in [0.1, 0.15) is 11.6 Å². The number of ether oxygens (including phenoxy) is 1. The zero-order chi connectivity index (χ0) is 21.5. The number of hydrogen-bond donors (Lipinski definition) is 2. The van der Waals surface area contributed by atoms with Crippen molar-refractivity contribution in [2.24, 2.45) is 11.5 Å². The smallest absolute Gasteiger partial charge is 0.123 e. The van der Waals surface area contributed by atoms with Crippen molar-refractivity contribution in [3.63, 3.8) is 0 Å². The lowest BCUT2D eigenvalue weighted by atomic mass is 9.89. The number of methoxy groups -OCH3 is 1. The Bertz CT molecular complexity index is 968. The summed E-state index contributed by atoms with van der Waals surface area (Å²) in [5, 5.41) is 1.93. The molecule has 3 aromatic carbocycles. The van der Waals surface area contributed by atoms with E-state index in [1.807, 2.05) is 36.6 Å². The van der Waals surface area contributed by atoms with E-state index in [2.05, 4.69) is 24.3 Å².